The third kappa shape index (κ3) is 5.21. The zero-order valence-electron chi connectivity index (χ0n) is 18.5. The fourth-order valence-electron chi connectivity index (χ4n) is 3.40. The number of nitrogens with zero attached hydrogens (tertiary/aromatic N) is 1. The Bertz CT molecular complexity index is 1520. The van der Waals surface area contributed by atoms with Crippen molar-refractivity contribution >= 4 is 27.3 Å². The molecule has 0 saturated heterocycles. The lowest BCUT2D eigenvalue weighted by Crippen LogP contribution is -2.17. The van der Waals surface area contributed by atoms with Crippen LogP contribution in [0.5, 0.6) is 0 Å². The molecule has 172 valence electrons. The maximum absolute atomic E-state index is 13.0. The third-order valence-corrected chi connectivity index (χ3v) is 6.51. The van der Waals surface area contributed by atoms with E-state index < -0.39 is 15.9 Å². The van der Waals surface area contributed by atoms with Crippen molar-refractivity contribution in [3.05, 3.63) is 106 Å². The van der Waals surface area contributed by atoms with Crippen LogP contribution in [-0.2, 0) is 10.0 Å². The van der Waals surface area contributed by atoms with Gasteiger partial charge in [-0.3, -0.25) is 14.3 Å². The molecule has 0 aliphatic carbocycles. The molecule has 0 fully saturated rings. The highest BCUT2D eigenvalue weighted by Gasteiger charge is 2.19. The maximum atomic E-state index is 13.0. The Morgan fingerprint density at radius 3 is 2.38 bits per heavy atom. The van der Waals surface area contributed by atoms with Gasteiger partial charge in [-0.15, -0.1) is 0 Å². The summed E-state index contributed by atoms with van der Waals surface area (Å²) in [7, 11) is -3.89. The summed E-state index contributed by atoms with van der Waals surface area (Å²) in [5.74, 6) is -0.448. The third-order valence-electron chi connectivity index (χ3n) is 5.13. The van der Waals surface area contributed by atoms with E-state index in [1.165, 1.54) is 18.2 Å². The molecule has 8 nitrogen and oxygen atoms in total. The average molecular weight is 475 g/mol. The molecule has 0 bridgehead atoms. The molecule has 0 spiro atoms. The average Bonchev–Trinajstić information content (AvgIpc) is 2.79. The van der Waals surface area contributed by atoms with Gasteiger partial charge in [0.2, 0.25) is 0 Å². The number of aryl methyl sites for hydroxylation is 2. The number of sulfonamides is 1. The van der Waals surface area contributed by atoms with Gasteiger partial charge in [0.15, 0.2) is 0 Å². The Labute approximate surface area is 196 Å². The Balaban J connectivity index is 1.58. The molecule has 34 heavy (non-hydrogen) atoms. The lowest BCUT2D eigenvalue weighted by Gasteiger charge is -2.12. The first kappa shape index (κ1) is 22.9. The number of benzene rings is 3. The standard InChI is InChI=1S/C25H22N4O4S/c1-16-5-3-8-20(13-16)29-34(32,33)21-10-9-17(2)22(15-21)25(31)26-19-7-4-6-18(14-19)23-11-12-24(30)28-27-23/h3-15,29H,1-2H3,(H,26,31)(H,28,30). The maximum Gasteiger partial charge on any atom is 0.264 e. The monoisotopic (exact) mass is 474 g/mol. The summed E-state index contributed by atoms with van der Waals surface area (Å²) in [6.07, 6.45) is 0. The normalized spacial score (nSPS) is 11.1. The van der Waals surface area contributed by atoms with E-state index in [9.17, 15) is 18.0 Å². The zero-order valence-corrected chi connectivity index (χ0v) is 19.3. The van der Waals surface area contributed by atoms with Gasteiger partial charge in [-0.25, -0.2) is 13.5 Å². The Kier molecular flexibility index (Phi) is 6.29. The number of aromatic amines is 1. The van der Waals surface area contributed by atoms with Gasteiger partial charge in [-0.1, -0.05) is 30.3 Å². The van der Waals surface area contributed by atoms with Gasteiger partial charge in [-0.05, 0) is 67.4 Å². The van der Waals surface area contributed by atoms with Crippen LogP contribution >= 0.6 is 0 Å². The fourth-order valence-corrected chi connectivity index (χ4v) is 4.47. The van der Waals surface area contributed by atoms with Crippen LogP contribution in [0.4, 0.5) is 11.4 Å². The van der Waals surface area contributed by atoms with Crippen molar-refractivity contribution in [3.8, 4) is 11.3 Å². The van der Waals surface area contributed by atoms with Crippen LogP contribution in [0.25, 0.3) is 11.3 Å². The van der Waals surface area contributed by atoms with Crippen molar-refractivity contribution < 1.29 is 13.2 Å². The first-order chi connectivity index (χ1) is 16.2. The van der Waals surface area contributed by atoms with Gasteiger partial charge in [0.1, 0.15) is 0 Å². The predicted molar refractivity (Wildman–Crippen MR) is 131 cm³/mol. The molecule has 0 atom stereocenters. The second kappa shape index (κ2) is 9.32. The van der Waals surface area contributed by atoms with Crippen LogP contribution in [0.2, 0.25) is 0 Å². The number of amides is 1. The summed E-state index contributed by atoms with van der Waals surface area (Å²) in [6, 6.07) is 21.4. The highest BCUT2D eigenvalue weighted by molar-refractivity contribution is 7.92. The Morgan fingerprint density at radius 2 is 1.65 bits per heavy atom. The van der Waals surface area contributed by atoms with E-state index in [2.05, 4.69) is 20.2 Å². The number of anilines is 2. The van der Waals surface area contributed by atoms with Crippen LogP contribution < -0.4 is 15.6 Å². The van der Waals surface area contributed by atoms with E-state index in [0.717, 1.165) is 5.56 Å². The van der Waals surface area contributed by atoms with E-state index in [0.29, 0.717) is 28.2 Å². The highest BCUT2D eigenvalue weighted by Crippen LogP contribution is 2.23. The van der Waals surface area contributed by atoms with Gasteiger partial charge in [0.05, 0.1) is 10.6 Å². The molecule has 1 heterocycles. The molecule has 0 aliphatic rings. The van der Waals surface area contributed by atoms with E-state index in [4.69, 9.17) is 0 Å². The first-order valence-corrected chi connectivity index (χ1v) is 11.9. The topological polar surface area (TPSA) is 121 Å². The number of carbonyl (C=O) groups excluding carboxylic acids is 1. The van der Waals surface area contributed by atoms with Gasteiger partial charge >= 0.3 is 0 Å². The van der Waals surface area contributed by atoms with Crippen LogP contribution in [0, 0.1) is 13.8 Å². The van der Waals surface area contributed by atoms with E-state index in [1.807, 2.05) is 13.0 Å². The van der Waals surface area contributed by atoms with E-state index >= 15 is 0 Å². The number of hydrogen-bond donors (Lipinski definition) is 3. The number of carbonyl (C=O) groups is 1. The SMILES string of the molecule is Cc1cccc(NS(=O)(=O)c2ccc(C)c(C(=O)Nc3cccc(-c4ccc(=O)[nH]n4)c3)c2)c1. The van der Waals surface area contributed by atoms with Crippen molar-refractivity contribution in [2.75, 3.05) is 10.0 Å². The van der Waals surface area contributed by atoms with Crippen molar-refractivity contribution in [2.45, 2.75) is 18.7 Å². The number of nitrogens with one attached hydrogen (secondary N) is 3. The minimum absolute atomic E-state index is 0.0176. The molecule has 1 aromatic heterocycles. The summed E-state index contributed by atoms with van der Waals surface area (Å²) in [4.78, 5) is 24.2. The predicted octanol–water partition coefficient (Wildman–Crippen LogP) is 4.11. The van der Waals surface area contributed by atoms with Crippen LogP contribution in [-0.4, -0.2) is 24.5 Å². The molecule has 0 aliphatic heterocycles. The van der Waals surface area contributed by atoms with Crippen LogP contribution in [0.15, 0.2) is 88.6 Å². The second-order valence-electron chi connectivity index (χ2n) is 7.79. The number of rotatable bonds is 6. The van der Waals surface area contributed by atoms with Crippen molar-refractivity contribution in [3.63, 3.8) is 0 Å². The van der Waals surface area contributed by atoms with Gasteiger partial charge < -0.3 is 5.32 Å². The Hall–Kier alpha value is -4.24. The lowest BCUT2D eigenvalue weighted by atomic mass is 10.1. The minimum atomic E-state index is -3.89. The summed E-state index contributed by atoms with van der Waals surface area (Å²) in [5, 5.41) is 9.18. The molecule has 3 aromatic carbocycles. The molecule has 4 rings (SSSR count). The Morgan fingerprint density at radius 1 is 0.882 bits per heavy atom. The lowest BCUT2D eigenvalue weighted by molar-refractivity contribution is 0.102. The number of aromatic nitrogens is 2. The zero-order chi connectivity index (χ0) is 24.3. The van der Waals surface area contributed by atoms with Crippen molar-refractivity contribution in [2.24, 2.45) is 0 Å². The van der Waals surface area contributed by atoms with E-state index in [-0.39, 0.29) is 16.0 Å². The fraction of sp³-hybridized carbons (Fsp3) is 0.0800. The summed E-state index contributed by atoms with van der Waals surface area (Å²) in [5.41, 5.74) is 3.66. The van der Waals surface area contributed by atoms with Crippen molar-refractivity contribution in [1.82, 2.24) is 10.2 Å². The molecule has 0 saturated carbocycles. The van der Waals surface area contributed by atoms with Gasteiger partial charge in [0, 0.05) is 28.6 Å². The summed E-state index contributed by atoms with van der Waals surface area (Å²) in [6.45, 7) is 3.61. The number of hydrogen-bond acceptors (Lipinski definition) is 5. The largest absolute Gasteiger partial charge is 0.322 e. The van der Waals surface area contributed by atoms with Crippen LogP contribution in [0.1, 0.15) is 21.5 Å². The van der Waals surface area contributed by atoms with Gasteiger partial charge in [0.25, 0.3) is 21.5 Å². The van der Waals surface area contributed by atoms with E-state index in [1.54, 1.807) is 61.5 Å². The second-order valence-corrected chi connectivity index (χ2v) is 9.48. The molecule has 4 aromatic rings. The highest BCUT2D eigenvalue weighted by atomic mass is 32.2. The smallest absolute Gasteiger partial charge is 0.264 e. The first-order valence-electron chi connectivity index (χ1n) is 10.4. The summed E-state index contributed by atoms with van der Waals surface area (Å²) >= 11 is 0. The quantitative estimate of drug-likeness (QED) is 0.388. The minimum Gasteiger partial charge on any atom is -0.322 e. The molecule has 9 heteroatoms. The molecule has 0 radical (unpaired) electrons. The molecular formula is C25H22N4O4S. The van der Waals surface area contributed by atoms with Gasteiger partial charge in [-0.2, -0.15) is 5.10 Å². The number of H-pyrrole nitrogens is 1. The van der Waals surface area contributed by atoms with Crippen molar-refractivity contribution in [1.29, 1.82) is 0 Å². The van der Waals surface area contributed by atoms with Crippen LogP contribution in [0.3, 0.4) is 0 Å². The molecular weight excluding hydrogens is 452 g/mol. The summed E-state index contributed by atoms with van der Waals surface area (Å²) < 4.78 is 28.4. The molecule has 0 unspecified atom stereocenters. The molecule has 1 amide bonds. The molecule has 3 N–H and O–H groups in total.